The summed E-state index contributed by atoms with van der Waals surface area (Å²) < 4.78 is 5.51. The predicted molar refractivity (Wildman–Crippen MR) is 96.6 cm³/mol. The van der Waals surface area contributed by atoms with Crippen LogP contribution in [0.15, 0.2) is 35.9 Å². The third kappa shape index (κ3) is 4.43. The molecule has 0 unspecified atom stereocenters. The predicted octanol–water partition coefficient (Wildman–Crippen LogP) is 3.28. The monoisotopic (exact) mass is 314 g/mol. The summed E-state index contributed by atoms with van der Waals surface area (Å²) in [7, 11) is 0. The Morgan fingerprint density at radius 3 is 2.39 bits per heavy atom. The molecule has 2 aliphatic heterocycles. The smallest absolute Gasteiger partial charge is 0.0594 e. The zero-order valence-corrected chi connectivity index (χ0v) is 14.6. The number of nitrogens with zero attached hydrogens (tertiary/aromatic N) is 2. The van der Waals surface area contributed by atoms with Crippen molar-refractivity contribution in [1.29, 1.82) is 0 Å². The van der Waals surface area contributed by atoms with E-state index in [-0.39, 0.29) is 0 Å². The van der Waals surface area contributed by atoms with Crippen molar-refractivity contribution in [2.45, 2.75) is 32.2 Å². The number of rotatable bonds is 4. The Morgan fingerprint density at radius 1 is 1.09 bits per heavy atom. The first-order valence-electron chi connectivity index (χ1n) is 8.93. The van der Waals surface area contributed by atoms with Gasteiger partial charge in [0.05, 0.1) is 13.2 Å². The largest absolute Gasteiger partial charge is 0.379 e. The van der Waals surface area contributed by atoms with Crippen LogP contribution >= 0.6 is 0 Å². The minimum atomic E-state index is 0.372. The van der Waals surface area contributed by atoms with Crippen LogP contribution in [0, 0.1) is 0 Å². The van der Waals surface area contributed by atoms with E-state index in [0.717, 1.165) is 32.8 Å². The van der Waals surface area contributed by atoms with Crippen molar-refractivity contribution in [2.75, 3.05) is 45.9 Å². The number of ether oxygens (including phenoxy) is 1. The highest BCUT2D eigenvalue weighted by atomic mass is 16.5. The molecule has 3 nitrogen and oxygen atoms in total. The third-order valence-electron chi connectivity index (χ3n) is 5.39. The fourth-order valence-corrected chi connectivity index (χ4v) is 3.84. The molecule has 0 bridgehead atoms. The van der Waals surface area contributed by atoms with E-state index in [0.29, 0.717) is 5.54 Å². The summed E-state index contributed by atoms with van der Waals surface area (Å²) in [6.07, 6.45) is 4.85. The summed E-state index contributed by atoms with van der Waals surface area (Å²) in [6.45, 7) is 12.2. The fourth-order valence-electron chi connectivity index (χ4n) is 3.84. The van der Waals surface area contributed by atoms with E-state index in [1.807, 2.05) is 0 Å². The molecule has 0 atom stereocenters. The second-order valence-electron chi connectivity index (χ2n) is 7.27. The second kappa shape index (κ2) is 7.61. The van der Waals surface area contributed by atoms with E-state index in [1.54, 1.807) is 0 Å². The van der Waals surface area contributed by atoms with Crippen LogP contribution in [0.5, 0.6) is 0 Å². The minimum Gasteiger partial charge on any atom is -0.379 e. The van der Waals surface area contributed by atoms with Gasteiger partial charge in [-0.15, -0.1) is 0 Å². The highest BCUT2D eigenvalue weighted by molar-refractivity contribution is 5.52. The Labute approximate surface area is 140 Å². The van der Waals surface area contributed by atoms with Crippen molar-refractivity contribution in [3.63, 3.8) is 0 Å². The molecule has 2 heterocycles. The molecule has 2 aliphatic rings. The van der Waals surface area contributed by atoms with Crippen LogP contribution in [0.1, 0.15) is 32.3 Å². The molecule has 0 spiro atoms. The lowest BCUT2D eigenvalue weighted by Gasteiger charge is -2.48. The van der Waals surface area contributed by atoms with Gasteiger partial charge in [0.1, 0.15) is 0 Å². The summed E-state index contributed by atoms with van der Waals surface area (Å²) in [5.41, 5.74) is 3.13. The molecule has 1 aromatic rings. The van der Waals surface area contributed by atoms with Crippen molar-refractivity contribution < 1.29 is 4.74 Å². The van der Waals surface area contributed by atoms with Crippen LogP contribution < -0.4 is 0 Å². The average Bonchev–Trinajstić information content (AvgIpc) is 2.59. The Balaban J connectivity index is 1.51. The highest BCUT2D eigenvalue weighted by Crippen LogP contribution is 2.29. The van der Waals surface area contributed by atoms with Crippen molar-refractivity contribution >= 4 is 6.08 Å². The topological polar surface area (TPSA) is 15.7 Å². The number of hydrogen-bond donors (Lipinski definition) is 0. The van der Waals surface area contributed by atoms with Gasteiger partial charge < -0.3 is 4.74 Å². The van der Waals surface area contributed by atoms with Gasteiger partial charge in [-0.2, -0.15) is 0 Å². The Morgan fingerprint density at radius 2 is 1.74 bits per heavy atom. The molecule has 0 aliphatic carbocycles. The lowest BCUT2D eigenvalue weighted by Crippen LogP contribution is -2.56. The van der Waals surface area contributed by atoms with Crippen molar-refractivity contribution in [1.82, 2.24) is 9.80 Å². The summed E-state index contributed by atoms with van der Waals surface area (Å²) >= 11 is 0. The molecular formula is C20H30N2O. The molecule has 2 saturated heterocycles. The average molecular weight is 314 g/mol. The van der Waals surface area contributed by atoms with E-state index in [2.05, 4.69) is 60.1 Å². The summed E-state index contributed by atoms with van der Waals surface area (Å²) in [6, 6.07) is 10.6. The molecule has 0 aromatic heterocycles. The quantitative estimate of drug-likeness (QED) is 0.848. The van der Waals surface area contributed by atoms with E-state index in [1.165, 1.54) is 37.1 Å². The maximum Gasteiger partial charge on any atom is 0.0594 e. The molecule has 0 N–H and O–H groups in total. The van der Waals surface area contributed by atoms with Gasteiger partial charge >= 0.3 is 0 Å². The van der Waals surface area contributed by atoms with Gasteiger partial charge in [0.15, 0.2) is 0 Å². The minimum absolute atomic E-state index is 0.372. The standard InChI is InChI=1S/C20H30N2O/c1-18(16-19-6-4-3-5-7-19)17-21-10-8-20(2,9-11-21)22-12-14-23-15-13-22/h3-7,16H,8-15,17H2,1-2H3/b18-16+. The number of benzene rings is 1. The third-order valence-corrected chi connectivity index (χ3v) is 5.39. The van der Waals surface area contributed by atoms with Crippen LogP contribution in [0.2, 0.25) is 0 Å². The summed E-state index contributed by atoms with van der Waals surface area (Å²) in [5, 5.41) is 0. The first kappa shape index (κ1) is 16.7. The zero-order valence-electron chi connectivity index (χ0n) is 14.6. The van der Waals surface area contributed by atoms with Gasteiger partial charge in [-0.25, -0.2) is 0 Å². The first-order chi connectivity index (χ1) is 11.2. The molecule has 0 radical (unpaired) electrons. The van der Waals surface area contributed by atoms with Crippen LogP contribution in [-0.2, 0) is 4.74 Å². The molecule has 1 aromatic carbocycles. The highest BCUT2D eigenvalue weighted by Gasteiger charge is 2.36. The van der Waals surface area contributed by atoms with Gasteiger partial charge in [-0.3, -0.25) is 9.80 Å². The van der Waals surface area contributed by atoms with Gasteiger partial charge in [0.25, 0.3) is 0 Å². The SMILES string of the molecule is C/C(=C\c1ccccc1)CN1CCC(C)(N2CCOCC2)CC1. The van der Waals surface area contributed by atoms with E-state index in [9.17, 15) is 0 Å². The maximum atomic E-state index is 5.51. The summed E-state index contributed by atoms with van der Waals surface area (Å²) in [5.74, 6) is 0. The van der Waals surface area contributed by atoms with E-state index < -0.39 is 0 Å². The van der Waals surface area contributed by atoms with Crippen LogP contribution in [0.3, 0.4) is 0 Å². The molecule has 3 heteroatoms. The lowest BCUT2D eigenvalue weighted by atomic mass is 9.87. The Hall–Kier alpha value is -1.16. The van der Waals surface area contributed by atoms with Crippen molar-refractivity contribution in [2.24, 2.45) is 0 Å². The van der Waals surface area contributed by atoms with Crippen molar-refractivity contribution in [3.05, 3.63) is 41.5 Å². The molecule has 0 amide bonds. The van der Waals surface area contributed by atoms with Crippen LogP contribution in [-0.4, -0.2) is 61.3 Å². The maximum absolute atomic E-state index is 5.51. The first-order valence-corrected chi connectivity index (χ1v) is 8.93. The number of likely N-dealkylation sites (tertiary alicyclic amines) is 1. The Bertz CT molecular complexity index is 512. The lowest BCUT2D eigenvalue weighted by molar-refractivity contribution is -0.0387. The van der Waals surface area contributed by atoms with Gasteiger partial charge in [0.2, 0.25) is 0 Å². The second-order valence-corrected chi connectivity index (χ2v) is 7.27. The number of hydrogen-bond acceptors (Lipinski definition) is 3. The molecule has 3 rings (SSSR count). The molecule has 126 valence electrons. The van der Waals surface area contributed by atoms with E-state index >= 15 is 0 Å². The van der Waals surface area contributed by atoms with Gasteiger partial charge in [-0.05, 0) is 32.3 Å². The summed E-state index contributed by atoms with van der Waals surface area (Å²) in [4.78, 5) is 5.26. The van der Waals surface area contributed by atoms with Crippen molar-refractivity contribution in [3.8, 4) is 0 Å². The van der Waals surface area contributed by atoms with E-state index in [4.69, 9.17) is 4.74 Å². The molecule has 2 fully saturated rings. The zero-order chi connectivity index (χ0) is 16.1. The van der Waals surface area contributed by atoms with Gasteiger partial charge in [-0.1, -0.05) is 42.0 Å². The molecule has 23 heavy (non-hydrogen) atoms. The van der Waals surface area contributed by atoms with Crippen LogP contribution in [0.4, 0.5) is 0 Å². The normalized spacial score (nSPS) is 23.8. The Kier molecular flexibility index (Phi) is 5.52. The number of piperidine rings is 1. The fraction of sp³-hybridized carbons (Fsp3) is 0.600. The molecular weight excluding hydrogens is 284 g/mol. The van der Waals surface area contributed by atoms with Gasteiger partial charge in [0, 0.05) is 38.3 Å². The molecule has 0 saturated carbocycles. The number of morpholine rings is 1. The van der Waals surface area contributed by atoms with Crippen LogP contribution in [0.25, 0.3) is 6.08 Å².